The number of benzene rings is 1. The molecule has 1 aromatic heterocycles. The molecule has 0 saturated carbocycles. The van der Waals surface area contributed by atoms with E-state index in [2.05, 4.69) is 15.6 Å². The Morgan fingerprint density at radius 3 is 2.58 bits per heavy atom. The molecule has 0 spiro atoms. The Bertz CT molecular complexity index is 764. The minimum Gasteiger partial charge on any atom is -0.347 e. The first kappa shape index (κ1) is 22.2. The Morgan fingerprint density at radius 2 is 1.88 bits per heavy atom. The summed E-state index contributed by atoms with van der Waals surface area (Å²) in [6.45, 7) is 1.19. The summed E-state index contributed by atoms with van der Waals surface area (Å²) in [4.78, 5) is 15.9. The predicted molar refractivity (Wildman–Crippen MR) is 96.5 cm³/mol. The van der Waals surface area contributed by atoms with Gasteiger partial charge in [-0.05, 0) is 36.7 Å². The molecule has 0 radical (unpaired) electrons. The molecule has 1 aromatic carbocycles. The molecule has 1 aliphatic heterocycles. The zero-order valence-corrected chi connectivity index (χ0v) is 15.2. The maximum absolute atomic E-state index is 13.5. The normalized spacial score (nSPS) is 19.0. The van der Waals surface area contributed by atoms with E-state index in [0.29, 0.717) is 25.1 Å². The summed E-state index contributed by atoms with van der Waals surface area (Å²) < 4.78 is 39.8. The van der Waals surface area contributed by atoms with Crippen LogP contribution in [0, 0.1) is 17.5 Å². The third-order valence-electron chi connectivity index (χ3n) is 4.14. The Hall–Kier alpha value is -1.83. The monoisotopic (exact) mass is 407 g/mol. The fourth-order valence-corrected chi connectivity index (χ4v) is 2.94. The molecule has 1 aliphatic rings. The lowest BCUT2D eigenvalue weighted by atomic mass is 9.86. The lowest BCUT2D eigenvalue weighted by Crippen LogP contribution is -2.50. The highest BCUT2D eigenvalue weighted by atomic mass is 35.5. The Labute approximate surface area is 161 Å². The van der Waals surface area contributed by atoms with E-state index in [1.165, 1.54) is 12.3 Å². The third-order valence-corrected chi connectivity index (χ3v) is 4.14. The number of halogens is 5. The number of nitrogens with zero attached hydrogens (tertiary/aromatic N) is 1. The lowest BCUT2D eigenvalue weighted by molar-refractivity contribution is 0.0923. The minimum atomic E-state index is -0.912. The highest BCUT2D eigenvalue weighted by Gasteiger charge is 2.28. The van der Waals surface area contributed by atoms with Crippen molar-refractivity contribution in [1.29, 1.82) is 0 Å². The number of carbonyl (C=O) groups is 1. The first-order chi connectivity index (χ1) is 11.5. The lowest BCUT2D eigenvalue weighted by Gasteiger charge is -2.33. The van der Waals surface area contributed by atoms with Crippen LogP contribution in [0.1, 0.15) is 28.3 Å². The summed E-state index contributed by atoms with van der Waals surface area (Å²) in [6.07, 6.45) is 2.96. The SMILES string of the molecule is Cl.Cl.O=C(NC1CNCCC1c1ccc(F)c(F)c1)c1cncc(F)c1. The van der Waals surface area contributed by atoms with Crippen LogP contribution >= 0.6 is 24.8 Å². The number of rotatable bonds is 3. The summed E-state index contributed by atoms with van der Waals surface area (Å²) >= 11 is 0. The molecule has 0 bridgehead atoms. The molecule has 2 N–H and O–H groups in total. The Kier molecular flexibility index (Phi) is 8.33. The van der Waals surface area contributed by atoms with Crippen LogP contribution in [-0.2, 0) is 0 Å². The average Bonchev–Trinajstić information content (AvgIpc) is 2.58. The first-order valence-corrected chi connectivity index (χ1v) is 7.61. The van der Waals surface area contributed by atoms with Crippen LogP contribution in [0.25, 0.3) is 0 Å². The summed E-state index contributed by atoms with van der Waals surface area (Å²) in [7, 11) is 0. The summed E-state index contributed by atoms with van der Waals surface area (Å²) in [5.41, 5.74) is 0.739. The van der Waals surface area contributed by atoms with Crippen molar-refractivity contribution in [2.75, 3.05) is 13.1 Å². The van der Waals surface area contributed by atoms with Crippen molar-refractivity contribution in [2.24, 2.45) is 0 Å². The molecule has 2 aromatic rings. The molecule has 3 rings (SSSR count). The second kappa shape index (κ2) is 9.75. The number of hydrogen-bond donors (Lipinski definition) is 2. The Morgan fingerprint density at radius 1 is 1.12 bits per heavy atom. The molecule has 142 valence electrons. The van der Waals surface area contributed by atoms with Crippen LogP contribution in [0.4, 0.5) is 13.2 Å². The largest absolute Gasteiger partial charge is 0.347 e. The van der Waals surface area contributed by atoms with Crippen molar-refractivity contribution < 1.29 is 18.0 Å². The van der Waals surface area contributed by atoms with Crippen LogP contribution in [-0.4, -0.2) is 30.0 Å². The molecule has 0 aliphatic carbocycles. The fourth-order valence-electron chi connectivity index (χ4n) is 2.94. The van der Waals surface area contributed by atoms with Crippen LogP contribution in [0.2, 0.25) is 0 Å². The van der Waals surface area contributed by atoms with Crippen molar-refractivity contribution in [3.05, 3.63) is 65.2 Å². The maximum atomic E-state index is 13.5. The van der Waals surface area contributed by atoms with Gasteiger partial charge in [-0.3, -0.25) is 9.78 Å². The number of nitrogens with one attached hydrogen (secondary N) is 2. The molecule has 1 fully saturated rings. The van der Waals surface area contributed by atoms with Gasteiger partial charge in [0, 0.05) is 24.7 Å². The highest BCUT2D eigenvalue weighted by Crippen LogP contribution is 2.27. The van der Waals surface area contributed by atoms with Gasteiger partial charge in [0.2, 0.25) is 0 Å². The van der Waals surface area contributed by atoms with Gasteiger partial charge in [-0.1, -0.05) is 6.07 Å². The van der Waals surface area contributed by atoms with Crippen LogP contribution in [0.5, 0.6) is 0 Å². The van der Waals surface area contributed by atoms with E-state index in [1.54, 1.807) is 0 Å². The molecule has 2 unspecified atom stereocenters. The number of hydrogen-bond acceptors (Lipinski definition) is 3. The van der Waals surface area contributed by atoms with Crippen LogP contribution in [0.15, 0.2) is 36.7 Å². The van der Waals surface area contributed by atoms with E-state index in [-0.39, 0.29) is 42.3 Å². The van der Waals surface area contributed by atoms with Crippen molar-refractivity contribution in [1.82, 2.24) is 15.6 Å². The first-order valence-electron chi connectivity index (χ1n) is 7.61. The van der Waals surface area contributed by atoms with Crippen LogP contribution < -0.4 is 10.6 Å². The zero-order chi connectivity index (χ0) is 17.1. The molecule has 1 saturated heterocycles. The third kappa shape index (κ3) is 5.09. The van der Waals surface area contributed by atoms with Gasteiger partial charge >= 0.3 is 0 Å². The van der Waals surface area contributed by atoms with Gasteiger partial charge in [0.1, 0.15) is 5.82 Å². The highest BCUT2D eigenvalue weighted by molar-refractivity contribution is 5.94. The van der Waals surface area contributed by atoms with Crippen LogP contribution in [0.3, 0.4) is 0 Å². The van der Waals surface area contributed by atoms with Gasteiger partial charge in [-0.25, -0.2) is 13.2 Å². The quantitative estimate of drug-likeness (QED) is 0.820. The van der Waals surface area contributed by atoms with Crippen molar-refractivity contribution >= 4 is 30.7 Å². The Balaban J connectivity index is 0.00000169. The predicted octanol–water partition coefficient (Wildman–Crippen LogP) is 3.22. The molecule has 2 heterocycles. The van der Waals surface area contributed by atoms with E-state index < -0.39 is 23.4 Å². The second-order valence-corrected chi connectivity index (χ2v) is 5.74. The van der Waals surface area contributed by atoms with Gasteiger partial charge in [0.25, 0.3) is 5.91 Å². The maximum Gasteiger partial charge on any atom is 0.253 e. The topological polar surface area (TPSA) is 54.0 Å². The molecule has 4 nitrogen and oxygen atoms in total. The number of piperidine rings is 1. The summed E-state index contributed by atoms with van der Waals surface area (Å²) in [5, 5.41) is 5.98. The van der Waals surface area contributed by atoms with E-state index in [0.717, 1.165) is 24.4 Å². The van der Waals surface area contributed by atoms with Gasteiger partial charge in [0.15, 0.2) is 11.6 Å². The van der Waals surface area contributed by atoms with E-state index in [4.69, 9.17) is 0 Å². The van der Waals surface area contributed by atoms with Gasteiger partial charge in [-0.15, -0.1) is 24.8 Å². The summed E-state index contributed by atoms with van der Waals surface area (Å²) in [6, 6.07) is 4.55. The van der Waals surface area contributed by atoms with E-state index in [9.17, 15) is 18.0 Å². The minimum absolute atomic E-state index is 0. The van der Waals surface area contributed by atoms with Gasteiger partial charge in [-0.2, -0.15) is 0 Å². The standard InChI is InChI=1S/C17H16F3N3O.2ClH/c18-12-5-11(7-22-8-12)17(24)23-16-9-21-4-3-13(16)10-1-2-14(19)15(20)6-10;;/h1-2,5-8,13,16,21H,3-4,9H2,(H,23,24);2*1H. The van der Waals surface area contributed by atoms with E-state index >= 15 is 0 Å². The number of pyridine rings is 1. The van der Waals surface area contributed by atoms with Gasteiger partial charge < -0.3 is 10.6 Å². The summed E-state index contributed by atoms with van der Waals surface area (Å²) in [5.74, 6) is -3.03. The molecule has 2 atom stereocenters. The number of aromatic nitrogens is 1. The number of amides is 1. The molecule has 9 heteroatoms. The van der Waals surface area contributed by atoms with Crippen molar-refractivity contribution in [2.45, 2.75) is 18.4 Å². The van der Waals surface area contributed by atoms with E-state index in [1.807, 2.05) is 0 Å². The average molecular weight is 408 g/mol. The number of carbonyl (C=O) groups excluding carboxylic acids is 1. The molecular weight excluding hydrogens is 390 g/mol. The van der Waals surface area contributed by atoms with Gasteiger partial charge in [0.05, 0.1) is 11.8 Å². The smallest absolute Gasteiger partial charge is 0.253 e. The second-order valence-electron chi connectivity index (χ2n) is 5.74. The zero-order valence-electron chi connectivity index (χ0n) is 13.5. The molecule has 26 heavy (non-hydrogen) atoms. The molecule has 1 amide bonds. The van der Waals surface area contributed by atoms with Crippen molar-refractivity contribution in [3.8, 4) is 0 Å². The van der Waals surface area contributed by atoms with Crippen molar-refractivity contribution in [3.63, 3.8) is 0 Å². The fraction of sp³-hybridized carbons (Fsp3) is 0.294. The molecular formula is C17H18Cl2F3N3O.